The number of aryl methyl sites for hydroxylation is 1. The van der Waals surface area contributed by atoms with Gasteiger partial charge >= 0.3 is 5.97 Å². The summed E-state index contributed by atoms with van der Waals surface area (Å²) in [7, 11) is 1.32. The van der Waals surface area contributed by atoms with Crippen LogP contribution in [0.5, 0.6) is 0 Å². The molecule has 1 aromatic rings. The maximum Gasteiger partial charge on any atom is 0.328 e. The molecule has 0 spiro atoms. The lowest BCUT2D eigenvalue weighted by atomic mass is 10.0. The number of amides is 1. The molecule has 0 saturated heterocycles. The minimum atomic E-state index is -0.618. The first-order valence-electron chi connectivity index (χ1n) is 6.50. The van der Waals surface area contributed by atoms with Crippen LogP contribution in [0.2, 0.25) is 0 Å². The van der Waals surface area contributed by atoms with Gasteiger partial charge in [0.1, 0.15) is 6.04 Å². The number of esters is 1. The second-order valence-electron chi connectivity index (χ2n) is 5.14. The van der Waals surface area contributed by atoms with Crippen LogP contribution >= 0.6 is 15.9 Å². The zero-order valence-electron chi connectivity index (χ0n) is 12.2. The van der Waals surface area contributed by atoms with Gasteiger partial charge in [0.15, 0.2) is 0 Å². The van der Waals surface area contributed by atoms with Crippen LogP contribution in [0.25, 0.3) is 0 Å². The van der Waals surface area contributed by atoms with Gasteiger partial charge in [0.2, 0.25) is 0 Å². The van der Waals surface area contributed by atoms with E-state index in [9.17, 15) is 9.59 Å². The summed E-state index contributed by atoms with van der Waals surface area (Å²) in [6.07, 6.45) is 0.547. The molecular formula is C15H20BrNO3. The number of carbonyl (C=O) groups excluding carboxylic acids is 2. The molecule has 1 aromatic carbocycles. The Bertz CT molecular complexity index is 500. The van der Waals surface area contributed by atoms with Gasteiger partial charge in [-0.25, -0.2) is 4.79 Å². The second-order valence-corrected chi connectivity index (χ2v) is 6.00. The molecule has 0 aliphatic heterocycles. The number of benzene rings is 1. The van der Waals surface area contributed by atoms with E-state index in [2.05, 4.69) is 21.2 Å². The topological polar surface area (TPSA) is 55.4 Å². The first-order valence-corrected chi connectivity index (χ1v) is 7.29. The van der Waals surface area contributed by atoms with E-state index in [0.717, 1.165) is 10.0 Å². The molecule has 0 radical (unpaired) electrons. The van der Waals surface area contributed by atoms with E-state index in [1.807, 2.05) is 26.8 Å². The SMILES string of the molecule is COC(=O)C(CC(C)C)NC(=O)c1ccc(C)c(Br)c1. The third-order valence-electron chi connectivity index (χ3n) is 2.93. The molecule has 1 atom stereocenters. The maximum absolute atomic E-state index is 12.2. The van der Waals surface area contributed by atoms with Crippen LogP contribution in [-0.2, 0) is 9.53 Å². The molecule has 4 nitrogen and oxygen atoms in total. The van der Waals surface area contributed by atoms with Crippen LogP contribution in [0.4, 0.5) is 0 Å². The lowest BCUT2D eigenvalue weighted by Crippen LogP contribution is -2.42. The van der Waals surface area contributed by atoms with Gasteiger partial charge in [0.05, 0.1) is 7.11 Å². The van der Waals surface area contributed by atoms with Crippen molar-refractivity contribution in [1.29, 1.82) is 0 Å². The van der Waals surface area contributed by atoms with Crippen molar-refractivity contribution in [2.75, 3.05) is 7.11 Å². The van der Waals surface area contributed by atoms with Crippen molar-refractivity contribution in [3.8, 4) is 0 Å². The van der Waals surface area contributed by atoms with Crippen LogP contribution in [-0.4, -0.2) is 25.0 Å². The molecule has 5 heteroatoms. The molecule has 1 amide bonds. The van der Waals surface area contributed by atoms with Crippen molar-refractivity contribution in [3.63, 3.8) is 0 Å². The van der Waals surface area contributed by atoms with Crippen LogP contribution in [0.15, 0.2) is 22.7 Å². The van der Waals surface area contributed by atoms with Crippen molar-refractivity contribution in [2.24, 2.45) is 5.92 Å². The van der Waals surface area contributed by atoms with Gasteiger partial charge in [-0.05, 0) is 37.0 Å². The van der Waals surface area contributed by atoms with Crippen molar-refractivity contribution in [3.05, 3.63) is 33.8 Å². The number of hydrogen-bond donors (Lipinski definition) is 1. The molecule has 1 N–H and O–H groups in total. The first kappa shape index (κ1) is 16.7. The van der Waals surface area contributed by atoms with E-state index in [0.29, 0.717) is 12.0 Å². The lowest BCUT2D eigenvalue weighted by Gasteiger charge is -2.18. The van der Waals surface area contributed by atoms with Crippen molar-refractivity contribution in [2.45, 2.75) is 33.2 Å². The standard InChI is InChI=1S/C15H20BrNO3/c1-9(2)7-13(15(19)20-4)17-14(18)11-6-5-10(3)12(16)8-11/h5-6,8-9,13H,7H2,1-4H3,(H,17,18). The average Bonchev–Trinajstić information content (AvgIpc) is 2.39. The van der Waals surface area contributed by atoms with E-state index in [-0.39, 0.29) is 11.8 Å². The zero-order chi connectivity index (χ0) is 15.3. The Kier molecular flexibility index (Phi) is 6.20. The molecular weight excluding hydrogens is 322 g/mol. The quantitative estimate of drug-likeness (QED) is 0.837. The molecule has 0 fully saturated rings. The first-order chi connectivity index (χ1) is 9.35. The van der Waals surface area contributed by atoms with Gasteiger partial charge in [-0.15, -0.1) is 0 Å². The number of halogens is 1. The predicted octanol–water partition coefficient (Wildman–Crippen LogP) is 3.08. The summed E-state index contributed by atoms with van der Waals surface area (Å²) in [6, 6.07) is 4.72. The molecule has 0 heterocycles. The summed E-state index contributed by atoms with van der Waals surface area (Å²) < 4.78 is 5.59. The number of carbonyl (C=O) groups is 2. The zero-order valence-corrected chi connectivity index (χ0v) is 13.8. The molecule has 0 aliphatic carbocycles. The highest BCUT2D eigenvalue weighted by atomic mass is 79.9. The van der Waals surface area contributed by atoms with Gasteiger partial charge < -0.3 is 10.1 Å². The van der Waals surface area contributed by atoms with Crippen LogP contribution in [0.3, 0.4) is 0 Å². The van der Waals surface area contributed by atoms with Crippen LogP contribution in [0, 0.1) is 12.8 Å². The minimum absolute atomic E-state index is 0.276. The second kappa shape index (κ2) is 7.43. The monoisotopic (exact) mass is 341 g/mol. The van der Waals surface area contributed by atoms with Crippen LogP contribution < -0.4 is 5.32 Å². The highest BCUT2D eigenvalue weighted by molar-refractivity contribution is 9.10. The number of rotatable bonds is 5. The number of ether oxygens (including phenoxy) is 1. The summed E-state index contributed by atoms with van der Waals surface area (Å²) in [4.78, 5) is 23.9. The molecule has 1 rings (SSSR count). The number of methoxy groups -OCH3 is 1. The van der Waals surface area contributed by atoms with Crippen molar-refractivity contribution >= 4 is 27.8 Å². The van der Waals surface area contributed by atoms with E-state index in [1.54, 1.807) is 12.1 Å². The number of hydrogen-bond acceptors (Lipinski definition) is 3. The summed E-state index contributed by atoms with van der Waals surface area (Å²) in [5.74, 6) is -0.413. The van der Waals surface area contributed by atoms with Crippen molar-refractivity contribution < 1.29 is 14.3 Å². The van der Waals surface area contributed by atoms with Gasteiger partial charge in [0.25, 0.3) is 5.91 Å². The minimum Gasteiger partial charge on any atom is -0.467 e. The summed E-state index contributed by atoms with van der Waals surface area (Å²) >= 11 is 3.39. The van der Waals surface area contributed by atoms with E-state index >= 15 is 0 Å². The molecule has 20 heavy (non-hydrogen) atoms. The van der Waals surface area contributed by atoms with E-state index in [1.165, 1.54) is 7.11 Å². The summed E-state index contributed by atoms with van der Waals surface area (Å²) in [5, 5.41) is 2.73. The third-order valence-corrected chi connectivity index (χ3v) is 3.79. The predicted molar refractivity (Wildman–Crippen MR) is 81.6 cm³/mol. The molecule has 0 aliphatic rings. The third kappa shape index (κ3) is 4.63. The molecule has 0 saturated carbocycles. The fraction of sp³-hybridized carbons (Fsp3) is 0.467. The summed E-state index contributed by atoms with van der Waals surface area (Å²) in [5.41, 5.74) is 1.56. The Hall–Kier alpha value is -1.36. The Balaban J connectivity index is 2.84. The highest BCUT2D eigenvalue weighted by Gasteiger charge is 2.23. The molecule has 0 bridgehead atoms. The number of nitrogens with one attached hydrogen (secondary N) is 1. The average molecular weight is 342 g/mol. The largest absolute Gasteiger partial charge is 0.467 e. The molecule has 1 unspecified atom stereocenters. The van der Waals surface area contributed by atoms with Crippen LogP contribution in [0.1, 0.15) is 36.2 Å². The fourth-order valence-corrected chi connectivity index (χ4v) is 2.18. The van der Waals surface area contributed by atoms with E-state index in [4.69, 9.17) is 4.74 Å². The fourth-order valence-electron chi connectivity index (χ4n) is 1.80. The normalized spacial score (nSPS) is 12.1. The Morgan fingerprint density at radius 1 is 1.35 bits per heavy atom. The maximum atomic E-state index is 12.2. The smallest absolute Gasteiger partial charge is 0.328 e. The lowest BCUT2D eigenvalue weighted by molar-refractivity contribution is -0.143. The van der Waals surface area contributed by atoms with Crippen molar-refractivity contribution in [1.82, 2.24) is 5.32 Å². The van der Waals surface area contributed by atoms with Gasteiger partial charge in [-0.2, -0.15) is 0 Å². The summed E-state index contributed by atoms with van der Waals surface area (Å²) in [6.45, 7) is 5.93. The van der Waals surface area contributed by atoms with Gasteiger partial charge in [-0.1, -0.05) is 35.8 Å². The Labute approximate surface area is 128 Å². The molecule has 0 aromatic heterocycles. The Morgan fingerprint density at radius 3 is 2.50 bits per heavy atom. The molecule has 110 valence electrons. The van der Waals surface area contributed by atoms with E-state index < -0.39 is 12.0 Å². The highest BCUT2D eigenvalue weighted by Crippen LogP contribution is 2.18. The van der Waals surface area contributed by atoms with Gasteiger partial charge in [0, 0.05) is 10.0 Å². The van der Waals surface area contributed by atoms with Gasteiger partial charge in [-0.3, -0.25) is 4.79 Å². The Morgan fingerprint density at radius 2 is 2.00 bits per heavy atom.